The highest BCUT2D eigenvalue weighted by Crippen LogP contribution is 2.26. The van der Waals surface area contributed by atoms with Crippen LogP contribution in [0.1, 0.15) is 22.8 Å². The van der Waals surface area contributed by atoms with Crippen molar-refractivity contribution in [3.8, 4) is 0 Å². The molecule has 2 rings (SSSR count). The lowest BCUT2D eigenvalue weighted by Gasteiger charge is -2.28. The van der Waals surface area contributed by atoms with E-state index in [1.54, 1.807) is 7.11 Å². The van der Waals surface area contributed by atoms with Crippen molar-refractivity contribution in [3.05, 3.63) is 35.4 Å². The number of methoxy groups -OCH3 is 1. The molecule has 0 aromatic heterocycles. The SMILES string of the molecule is COC1C(=O)c2ccccc2CC1C. The minimum absolute atomic E-state index is 0.127. The van der Waals surface area contributed by atoms with Crippen LogP contribution in [0.2, 0.25) is 0 Å². The number of carbonyl (C=O) groups is 1. The second kappa shape index (κ2) is 3.54. The summed E-state index contributed by atoms with van der Waals surface area (Å²) in [6, 6.07) is 7.79. The van der Waals surface area contributed by atoms with Gasteiger partial charge in [-0.1, -0.05) is 31.2 Å². The van der Waals surface area contributed by atoms with E-state index in [0.717, 1.165) is 17.5 Å². The molecule has 0 amide bonds. The van der Waals surface area contributed by atoms with E-state index in [9.17, 15) is 4.79 Å². The third-order valence-corrected chi connectivity index (χ3v) is 2.85. The fourth-order valence-corrected chi connectivity index (χ4v) is 2.14. The standard InChI is InChI=1S/C12H14O2/c1-8-7-9-5-3-4-6-10(9)11(13)12(8)14-2/h3-6,8,12H,7H2,1-2H3. The molecule has 1 aliphatic rings. The van der Waals surface area contributed by atoms with Crippen molar-refractivity contribution in [2.45, 2.75) is 19.4 Å². The smallest absolute Gasteiger partial charge is 0.192 e. The van der Waals surface area contributed by atoms with E-state index in [4.69, 9.17) is 4.74 Å². The molecule has 1 aromatic carbocycles. The Bertz CT molecular complexity index is 357. The average Bonchev–Trinajstić information content (AvgIpc) is 2.18. The van der Waals surface area contributed by atoms with Crippen molar-refractivity contribution in [2.75, 3.05) is 7.11 Å². The lowest BCUT2D eigenvalue weighted by atomic mass is 9.82. The Kier molecular flexibility index (Phi) is 2.38. The van der Waals surface area contributed by atoms with Crippen LogP contribution in [-0.4, -0.2) is 19.0 Å². The van der Waals surface area contributed by atoms with E-state index < -0.39 is 0 Å². The topological polar surface area (TPSA) is 26.3 Å². The monoisotopic (exact) mass is 190 g/mol. The van der Waals surface area contributed by atoms with Crippen molar-refractivity contribution in [1.82, 2.24) is 0 Å². The van der Waals surface area contributed by atoms with Gasteiger partial charge in [0.05, 0.1) is 0 Å². The Morgan fingerprint density at radius 2 is 2.07 bits per heavy atom. The van der Waals surface area contributed by atoms with E-state index in [-0.39, 0.29) is 17.8 Å². The van der Waals surface area contributed by atoms with Gasteiger partial charge in [-0.3, -0.25) is 4.79 Å². The molecule has 0 saturated heterocycles. The number of benzene rings is 1. The average molecular weight is 190 g/mol. The highest BCUT2D eigenvalue weighted by Gasteiger charge is 2.32. The van der Waals surface area contributed by atoms with Gasteiger partial charge in [0, 0.05) is 12.7 Å². The van der Waals surface area contributed by atoms with Crippen molar-refractivity contribution in [1.29, 1.82) is 0 Å². The van der Waals surface area contributed by atoms with Crippen LogP contribution in [-0.2, 0) is 11.2 Å². The first-order valence-corrected chi connectivity index (χ1v) is 4.89. The van der Waals surface area contributed by atoms with Crippen molar-refractivity contribution >= 4 is 5.78 Å². The first-order chi connectivity index (χ1) is 6.74. The lowest BCUT2D eigenvalue weighted by Crippen LogP contribution is -2.36. The minimum atomic E-state index is -0.259. The van der Waals surface area contributed by atoms with Crippen LogP contribution < -0.4 is 0 Å². The molecular formula is C12H14O2. The Morgan fingerprint density at radius 3 is 2.79 bits per heavy atom. The summed E-state index contributed by atoms with van der Waals surface area (Å²) in [6.45, 7) is 2.06. The summed E-state index contributed by atoms with van der Waals surface area (Å²) in [6.07, 6.45) is 0.672. The number of ketones is 1. The highest BCUT2D eigenvalue weighted by molar-refractivity contribution is 6.02. The summed E-state index contributed by atoms with van der Waals surface area (Å²) >= 11 is 0. The van der Waals surface area contributed by atoms with Gasteiger partial charge < -0.3 is 4.74 Å². The molecule has 2 unspecified atom stereocenters. The first kappa shape index (κ1) is 9.41. The maximum atomic E-state index is 11.9. The number of hydrogen-bond acceptors (Lipinski definition) is 2. The summed E-state index contributed by atoms with van der Waals surface area (Å²) < 4.78 is 5.22. The van der Waals surface area contributed by atoms with Gasteiger partial charge in [-0.05, 0) is 17.9 Å². The lowest BCUT2D eigenvalue weighted by molar-refractivity contribution is 0.0397. The molecule has 2 nitrogen and oxygen atoms in total. The van der Waals surface area contributed by atoms with Crippen molar-refractivity contribution < 1.29 is 9.53 Å². The molecule has 1 aromatic rings. The summed E-state index contributed by atoms with van der Waals surface area (Å²) in [7, 11) is 1.60. The summed E-state index contributed by atoms with van der Waals surface area (Å²) in [4.78, 5) is 11.9. The number of hydrogen-bond donors (Lipinski definition) is 0. The van der Waals surface area contributed by atoms with Crippen LogP contribution in [0, 0.1) is 5.92 Å². The fourth-order valence-electron chi connectivity index (χ4n) is 2.14. The molecule has 2 atom stereocenters. The summed E-state index contributed by atoms with van der Waals surface area (Å²) in [5, 5.41) is 0. The molecule has 74 valence electrons. The Labute approximate surface area is 83.9 Å². The van der Waals surface area contributed by atoms with Crippen LogP contribution in [0.5, 0.6) is 0 Å². The van der Waals surface area contributed by atoms with Crippen LogP contribution >= 0.6 is 0 Å². The Hall–Kier alpha value is -1.15. The molecular weight excluding hydrogens is 176 g/mol. The molecule has 0 bridgehead atoms. The molecule has 0 fully saturated rings. The van der Waals surface area contributed by atoms with Gasteiger partial charge in [-0.15, -0.1) is 0 Å². The third-order valence-electron chi connectivity index (χ3n) is 2.85. The molecule has 0 spiro atoms. The van der Waals surface area contributed by atoms with E-state index in [2.05, 4.69) is 6.92 Å². The zero-order valence-electron chi connectivity index (χ0n) is 8.49. The number of Topliss-reactive ketones (excluding diaryl/α,β-unsaturated/α-hetero) is 1. The number of rotatable bonds is 1. The predicted octanol–water partition coefficient (Wildman–Crippen LogP) is 2.08. The Balaban J connectivity index is 2.43. The van der Waals surface area contributed by atoms with Gasteiger partial charge in [0.2, 0.25) is 0 Å². The van der Waals surface area contributed by atoms with Crippen LogP contribution in [0.25, 0.3) is 0 Å². The maximum absolute atomic E-state index is 11.9. The van der Waals surface area contributed by atoms with E-state index in [1.807, 2.05) is 24.3 Å². The van der Waals surface area contributed by atoms with Gasteiger partial charge in [0.15, 0.2) is 5.78 Å². The molecule has 0 saturated carbocycles. The van der Waals surface area contributed by atoms with E-state index in [0.29, 0.717) is 0 Å². The largest absolute Gasteiger partial charge is 0.373 e. The summed E-state index contributed by atoms with van der Waals surface area (Å²) in [5.74, 6) is 0.407. The molecule has 0 aliphatic heterocycles. The number of ether oxygens (including phenoxy) is 1. The number of carbonyl (C=O) groups excluding carboxylic acids is 1. The third kappa shape index (κ3) is 1.36. The Morgan fingerprint density at radius 1 is 1.36 bits per heavy atom. The fraction of sp³-hybridized carbons (Fsp3) is 0.417. The van der Waals surface area contributed by atoms with Gasteiger partial charge >= 0.3 is 0 Å². The molecule has 0 heterocycles. The minimum Gasteiger partial charge on any atom is -0.373 e. The number of fused-ring (bicyclic) bond motifs is 1. The van der Waals surface area contributed by atoms with Crippen LogP contribution in [0.15, 0.2) is 24.3 Å². The van der Waals surface area contributed by atoms with E-state index >= 15 is 0 Å². The van der Waals surface area contributed by atoms with Gasteiger partial charge in [-0.2, -0.15) is 0 Å². The van der Waals surface area contributed by atoms with Crippen molar-refractivity contribution in [3.63, 3.8) is 0 Å². The molecule has 1 aliphatic carbocycles. The normalized spacial score (nSPS) is 26.0. The van der Waals surface area contributed by atoms with Gasteiger partial charge in [0.1, 0.15) is 6.10 Å². The van der Waals surface area contributed by atoms with Gasteiger partial charge in [0.25, 0.3) is 0 Å². The predicted molar refractivity (Wildman–Crippen MR) is 54.4 cm³/mol. The quantitative estimate of drug-likeness (QED) is 0.677. The van der Waals surface area contributed by atoms with Crippen molar-refractivity contribution in [2.24, 2.45) is 5.92 Å². The first-order valence-electron chi connectivity index (χ1n) is 4.89. The van der Waals surface area contributed by atoms with Crippen LogP contribution in [0.4, 0.5) is 0 Å². The molecule has 2 heteroatoms. The zero-order valence-corrected chi connectivity index (χ0v) is 8.49. The maximum Gasteiger partial charge on any atom is 0.192 e. The zero-order chi connectivity index (χ0) is 10.1. The second-order valence-electron chi connectivity index (χ2n) is 3.86. The summed E-state index contributed by atoms with van der Waals surface area (Å²) in [5.41, 5.74) is 1.98. The second-order valence-corrected chi connectivity index (χ2v) is 3.86. The van der Waals surface area contributed by atoms with Gasteiger partial charge in [-0.25, -0.2) is 0 Å². The molecule has 0 radical (unpaired) electrons. The molecule has 14 heavy (non-hydrogen) atoms. The molecule has 0 N–H and O–H groups in total. The van der Waals surface area contributed by atoms with E-state index in [1.165, 1.54) is 0 Å². The van der Waals surface area contributed by atoms with Crippen LogP contribution in [0.3, 0.4) is 0 Å². The highest BCUT2D eigenvalue weighted by atomic mass is 16.5.